The number of ether oxygens (including phenoxy) is 1. The minimum absolute atomic E-state index is 0.335. The second-order valence-electron chi connectivity index (χ2n) is 4.61. The highest BCUT2D eigenvalue weighted by Gasteiger charge is 2.21. The van der Waals surface area contributed by atoms with Crippen LogP contribution in [-0.4, -0.2) is 39.1 Å². The first-order valence-electron chi connectivity index (χ1n) is 6.63. The highest BCUT2D eigenvalue weighted by molar-refractivity contribution is 8.00. The van der Waals surface area contributed by atoms with Crippen molar-refractivity contribution in [1.29, 1.82) is 0 Å². The van der Waals surface area contributed by atoms with Crippen LogP contribution < -0.4 is 5.32 Å². The van der Waals surface area contributed by atoms with Crippen molar-refractivity contribution in [2.24, 2.45) is 7.05 Å². The fourth-order valence-electron chi connectivity index (χ4n) is 1.73. The smallest absolute Gasteiger partial charge is 0.413 e. The number of aromatic nitrogens is 3. The van der Waals surface area contributed by atoms with Gasteiger partial charge in [0.15, 0.2) is 11.0 Å². The molecule has 2 amide bonds. The molecule has 2 rings (SSSR count). The molecule has 9 heteroatoms. The maximum absolute atomic E-state index is 13.0. The van der Waals surface area contributed by atoms with Crippen LogP contribution in [0.3, 0.4) is 0 Å². The third-order valence-corrected chi connectivity index (χ3v) is 4.13. The van der Waals surface area contributed by atoms with E-state index < -0.39 is 17.3 Å². The van der Waals surface area contributed by atoms with Crippen LogP contribution in [0.2, 0.25) is 0 Å². The third-order valence-electron chi connectivity index (χ3n) is 3.00. The lowest BCUT2D eigenvalue weighted by atomic mass is 10.2. The van der Waals surface area contributed by atoms with Crippen molar-refractivity contribution in [3.63, 3.8) is 0 Å². The van der Waals surface area contributed by atoms with Crippen LogP contribution in [0.1, 0.15) is 6.92 Å². The van der Waals surface area contributed by atoms with Crippen molar-refractivity contribution in [1.82, 2.24) is 20.1 Å². The molecule has 0 unspecified atom stereocenters. The van der Waals surface area contributed by atoms with E-state index in [1.807, 2.05) is 0 Å². The number of carbonyl (C=O) groups excluding carboxylic acids is 2. The molecule has 0 aliphatic rings. The highest BCUT2D eigenvalue weighted by Crippen LogP contribution is 2.25. The Morgan fingerprint density at radius 2 is 1.96 bits per heavy atom. The van der Waals surface area contributed by atoms with Gasteiger partial charge in [0.05, 0.1) is 12.4 Å². The number of thioether (sulfide) groups is 1. The fourth-order valence-corrected chi connectivity index (χ4v) is 2.55. The zero-order chi connectivity index (χ0) is 17.0. The molecule has 23 heavy (non-hydrogen) atoms. The molecule has 0 aliphatic carbocycles. The van der Waals surface area contributed by atoms with Gasteiger partial charge in [0.25, 0.3) is 0 Å². The third kappa shape index (κ3) is 4.07. The zero-order valence-electron chi connectivity index (χ0n) is 12.7. The van der Waals surface area contributed by atoms with E-state index in [9.17, 15) is 14.0 Å². The Morgan fingerprint density at radius 1 is 1.30 bits per heavy atom. The Bertz CT molecular complexity index is 717. The van der Waals surface area contributed by atoms with Gasteiger partial charge in [0.1, 0.15) is 5.82 Å². The van der Waals surface area contributed by atoms with E-state index in [1.165, 1.54) is 19.2 Å². The Labute approximate surface area is 136 Å². The molecule has 0 bridgehead atoms. The van der Waals surface area contributed by atoms with Crippen LogP contribution in [0.15, 0.2) is 29.4 Å². The molecule has 1 aromatic heterocycles. The number of hydrogen-bond acceptors (Lipinski definition) is 6. The molecule has 1 atom stereocenters. The van der Waals surface area contributed by atoms with Crippen LogP contribution in [0, 0.1) is 5.82 Å². The van der Waals surface area contributed by atoms with E-state index in [0.717, 1.165) is 11.8 Å². The Hall–Kier alpha value is -2.42. The minimum atomic E-state index is -0.813. The van der Waals surface area contributed by atoms with Gasteiger partial charge >= 0.3 is 6.09 Å². The number of nitrogens with one attached hydrogen (secondary N) is 1. The van der Waals surface area contributed by atoms with Crippen LogP contribution in [0.4, 0.5) is 9.18 Å². The van der Waals surface area contributed by atoms with Gasteiger partial charge in [0, 0.05) is 12.6 Å². The van der Waals surface area contributed by atoms with Crippen LogP contribution in [0.25, 0.3) is 11.4 Å². The predicted octanol–water partition coefficient (Wildman–Crippen LogP) is 1.98. The molecular formula is C14H15FN4O3S. The number of imide groups is 1. The van der Waals surface area contributed by atoms with Crippen molar-refractivity contribution in [3.8, 4) is 11.4 Å². The maximum Gasteiger partial charge on any atom is 0.413 e. The van der Waals surface area contributed by atoms with Gasteiger partial charge in [-0.05, 0) is 31.2 Å². The van der Waals surface area contributed by atoms with Crippen molar-refractivity contribution in [2.75, 3.05) is 7.11 Å². The van der Waals surface area contributed by atoms with Gasteiger partial charge in [-0.25, -0.2) is 9.18 Å². The number of amides is 2. The summed E-state index contributed by atoms with van der Waals surface area (Å²) in [6.07, 6.45) is -0.813. The van der Waals surface area contributed by atoms with E-state index in [4.69, 9.17) is 0 Å². The summed E-state index contributed by atoms with van der Waals surface area (Å²) in [5, 5.41) is 10.1. The quantitative estimate of drug-likeness (QED) is 0.858. The number of rotatable bonds is 4. The van der Waals surface area contributed by atoms with Gasteiger partial charge in [-0.3, -0.25) is 10.1 Å². The molecule has 2 aromatic rings. The Kier molecular flexibility index (Phi) is 5.32. The van der Waals surface area contributed by atoms with E-state index in [0.29, 0.717) is 16.5 Å². The topological polar surface area (TPSA) is 86.1 Å². The summed E-state index contributed by atoms with van der Waals surface area (Å²) in [5.41, 5.74) is 0.708. The summed E-state index contributed by atoms with van der Waals surface area (Å²) < 4.78 is 19.0. The Morgan fingerprint density at radius 3 is 2.57 bits per heavy atom. The molecule has 1 N–H and O–H groups in total. The average Bonchev–Trinajstić information content (AvgIpc) is 2.89. The molecule has 1 heterocycles. The molecule has 0 spiro atoms. The monoisotopic (exact) mass is 338 g/mol. The van der Waals surface area contributed by atoms with Gasteiger partial charge in [0.2, 0.25) is 5.91 Å². The number of benzene rings is 1. The molecule has 0 saturated heterocycles. The Balaban J connectivity index is 2.11. The summed E-state index contributed by atoms with van der Waals surface area (Å²) in [5.74, 6) is -0.278. The normalized spacial score (nSPS) is 11.8. The standard InChI is InChI=1S/C14H15FN4O3S/c1-8(12(20)16-14(21)22-3)23-13-18-17-11(19(13)2)9-4-6-10(15)7-5-9/h4-8H,1-3H3,(H,16,20,21)/t8-/m1/s1. The number of hydrogen-bond donors (Lipinski definition) is 1. The maximum atomic E-state index is 13.0. The van der Waals surface area contributed by atoms with Crippen molar-refractivity contribution in [3.05, 3.63) is 30.1 Å². The average molecular weight is 338 g/mol. The summed E-state index contributed by atoms with van der Waals surface area (Å²) in [4.78, 5) is 22.8. The van der Waals surface area contributed by atoms with Crippen LogP contribution >= 0.6 is 11.8 Å². The second kappa shape index (κ2) is 7.23. The summed E-state index contributed by atoms with van der Waals surface area (Å²) in [7, 11) is 2.92. The molecule has 0 saturated carbocycles. The summed E-state index contributed by atoms with van der Waals surface area (Å²) in [6, 6.07) is 5.87. The summed E-state index contributed by atoms with van der Waals surface area (Å²) in [6.45, 7) is 1.63. The SMILES string of the molecule is COC(=O)NC(=O)[C@@H](C)Sc1nnc(-c2ccc(F)cc2)n1C. The van der Waals surface area contributed by atoms with Gasteiger partial charge in [-0.15, -0.1) is 10.2 Å². The minimum Gasteiger partial charge on any atom is -0.453 e. The lowest BCUT2D eigenvalue weighted by Gasteiger charge is -2.10. The summed E-state index contributed by atoms with van der Waals surface area (Å²) >= 11 is 1.14. The van der Waals surface area contributed by atoms with Crippen molar-refractivity contribution >= 4 is 23.8 Å². The van der Waals surface area contributed by atoms with E-state index in [-0.39, 0.29) is 5.82 Å². The fraction of sp³-hybridized carbons (Fsp3) is 0.286. The lowest BCUT2D eigenvalue weighted by Crippen LogP contribution is -2.35. The number of nitrogens with zero attached hydrogens (tertiary/aromatic N) is 3. The molecule has 0 fully saturated rings. The van der Waals surface area contributed by atoms with Gasteiger partial charge < -0.3 is 9.30 Å². The van der Waals surface area contributed by atoms with E-state index >= 15 is 0 Å². The first-order chi connectivity index (χ1) is 10.9. The molecule has 0 radical (unpaired) electrons. The number of methoxy groups -OCH3 is 1. The van der Waals surface area contributed by atoms with Gasteiger partial charge in [-0.2, -0.15) is 0 Å². The number of alkyl carbamates (subject to hydrolysis) is 1. The first-order valence-corrected chi connectivity index (χ1v) is 7.51. The molecule has 7 nitrogen and oxygen atoms in total. The largest absolute Gasteiger partial charge is 0.453 e. The molecule has 1 aromatic carbocycles. The first kappa shape index (κ1) is 16.9. The van der Waals surface area contributed by atoms with Gasteiger partial charge in [-0.1, -0.05) is 11.8 Å². The zero-order valence-corrected chi connectivity index (χ0v) is 13.6. The van der Waals surface area contributed by atoms with Crippen LogP contribution in [0.5, 0.6) is 0 Å². The number of carbonyl (C=O) groups is 2. The van der Waals surface area contributed by atoms with Crippen molar-refractivity contribution < 1.29 is 18.7 Å². The van der Waals surface area contributed by atoms with E-state index in [2.05, 4.69) is 20.3 Å². The van der Waals surface area contributed by atoms with Crippen LogP contribution in [-0.2, 0) is 16.6 Å². The van der Waals surface area contributed by atoms with E-state index in [1.54, 1.807) is 30.7 Å². The molecular weight excluding hydrogens is 323 g/mol. The lowest BCUT2D eigenvalue weighted by molar-refractivity contribution is -0.119. The molecule has 122 valence electrons. The molecule has 0 aliphatic heterocycles. The second-order valence-corrected chi connectivity index (χ2v) is 5.92. The number of halogens is 1. The van der Waals surface area contributed by atoms with Crippen molar-refractivity contribution in [2.45, 2.75) is 17.3 Å². The predicted molar refractivity (Wildman–Crippen MR) is 82.3 cm³/mol. The highest BCUT2D eigenvalue weighted by atomic mass is 32.2.